The molecule has 1 N–H and O–H groups in total. The molecule has 0 aliphatic carbocycles. The molecule has 5 heteroatoms. The zero-order chi connectivity index (χ0) is 15.7. The summed E-state index contributed by atoms with van der Waals surface area (Å²) in [7, 11) is 0. The van der Waals surface area contributed by atoms with Crippen LogP contribution in [0.25, 0.3) is 10.9 Å². The molecule has 2 heterocycles. The van der Waals surface area contributed by atoms with Crippen molar-refractivity contribution in [1.82, 2.24) is 15.2 Å². The zero-order valence-corrected chi connectivity index (χ0v) is 12.8. The van der Waals surface area contributed by atoms with Gasteiger partial charge in [-0.05, 0) is 44.5 Å². The lowest BCUT2D eigenvalue weighted by atomic mass is 10.1. The molecular formula is C17H19N3O2. The molecule has 1 fully saturated rings. The summed E-state index contributed by atoms with van der Waals surface area (Å²) in [6.45, 7) is 4.99. The smallest absolute Gasteiger partial charge is 0.254 e. The molecule has 1 unspecified atom stereocenters. The van der Waals surface area contributed by atoms with E-state index in [0.29, 0.717) is 25.1 Å². The van der Waals surface area contributed by atoms with Crippen LogP contribution in [0.3, 0.4) is 0 Å². The number of hydrogen-bond donors (Lipinski definition) is 1. The van der Waals surface area contributed by atoms with E-state index in [-0.39, 0.29) is 17.9 Å². The lowest BCUT2D eigenvalue weighted by Crippen LogP contribution is -2.44. The van der Waals surface area contributed by atoms with Crippen molar-refractivity contribution >= 4 is 22.7 Å². The van der Waals surface area contributed by atoms with E-state index in [9.17, 15) is 9.59 Å². The molecule has 0 spiro atoms. The standard InChI is InChI=1S/C17H19N3O2/c1-3-20(15-8-9-18-16(15)21)17(22)13-6-7-14-12(10-13)5-4-11(2)19-14/h4-7,10,15H,3,8-9H2,1-2H3,(H,18,21). The topological polar surface area (TPSA) is 62.3 Å². The highest BCUT2D eigenvalue weighted by molar-refractivity contribution is 6.00. The van der Waals surface area contributed by atoms with E-state index < -0.39 is 0 Å². The van der Waals surface area contributed by atoms with E-state index in [0.717, 1.165) is 16.6 Å². The fraction of sp³-hybridized carbons (Fsp3) is 0.353. The van der Waals surface area contributed by atoms with Crippen molar-refractivity contribution in [3.05, 3.63) is 41.6 Å². The predicted molar refractivity (Wildman–Crippen MR) is 84.6 cm³/mol. The Bertz CT molecular complexity index is 742. The molecule has 1 aromatic heterocycles. The van der Waals surface area contributed by atoms with Gasteiger partial charge >= 0.3 is 0 Å². The molecule has 1 saturated heterocycles. The van der Waals surface area contributed by atoms with Crippen LogP contribution in [0.4, 0.5) is 0 Å². The third-order valence-electron chi connectivity index (χ3n) is 4.07. The number of benzene rings is 1. The van der Waals surface area contributed by atoms with Gasteiger partial charge in [0, 0.05) is 29.7 Å². The van der Waals surface area contributed by atoms with Crippen LogP contribution in [0.2, 0.25) is 0 Å². The Balaban J connectivity index is 1.93. The first-order valence-corrected chi connectivity index (χ1v) is 7.56. The first-order chi connectivity index (χ1) is 10.6. The van der Waals surface area contributed by atoms with Gasteiger partial charge in [-0.15, -0.1) is 0 Å². The third kappa shape index (κ3) is 2.54. The number of carbonyl (C=O) groups is 2. The number of aromatic nitrogens is 1. The van der Waals surface area contributed by atoms with Crippen LogP contribution in [0.1, 0.15) is 29.4 Å². The molecule has 114 valence electrons. The van der Waals surface area contributed by atoms with Gasteiger partial charge in [-0.25, -0.2) is 0 Å². The van der Waals surface area contributed by atoms with Crippen LogP contribution in [-0.4, -0.2) is 40.8 Å². The molecule has 1 aliphatic heterocycles. The van der Waals surface area contributed by atoms with Gasteiger partial charge in [0.15, 0.2) is 0 Å². The second kappa shape index (κ2) is 5.75. The highest BCUT2D eigenvalue weighted by Crippen LogP contribution is 2.19. The lowest BCUT2D eigenvalue weighted by molar-refractivity contribution is -0.123. The van der Waals surface area contributed by atoms with Gasteiger partial charge in [0.2, 0.25) is 5.91 Å². The SMILES string of the molecule is CCN(C(=O)c1ccc2nc(C)ccc2c1)C1CCNC1=O. The van der Waals surface area contributed by atoms with Crippen LogP contribution < -0.4 is 5.32 Å². The van der Waals surface area contributed by atoms with E-state index in [1.807, 2.05) is 38.1 Å². The molecule has 0 radical (unpaired) electrons. The Morgan fingerprint density at radius 3 is 2.86 bits per heavy atom. The normalized spacial score (nSPS) is 17.5. The van der Waals surface area contributed by atoms with Crippen molar-refractivity contribution in [1.29, 1.82) is 0 Å². The van der Waals surface area contributed by atoms with Crippen molar-refractivity contribution in [3.63, 3.8) is 0 Å². The van der Waals surface area contributed by atoms with Gasteiger partial charge < -0.3 is 10.2 Å². The number of carbonyl (C=O) groups excluding carboxylic acids is 2. The average Bonchev–Trinajstić information content (AvgIpc) is 2.93. The highest BCUT2D eigenvalue weighted by atomic mass is 16.2. The quantitative estimate of drug-likeness (QED) is 0.941. The minimum atomic E-state index is -0.357. The Morgan fingerprint density at radius 2 is 2.18 bits per heavy atom. The summed E-state index contributed by atoms with van der Waals surface area (Å²) >= 11 is 0. The molecule has 1 atom stereocenters. The van der Waals surface area contributed by atoms with E-state index in [1.165, 1.54) is 0 Å². The number of rotatable bonds is 3. The van der Waals surface area contributed by atoms with E-state index in [2.05, 4.69) is 10.3 Å². The summed E-state index contributed by atoms with van der Waals surface area (Å²) in [5.74, 6) is -0.166. The first kappa shape index (κ1) is 14.5. The molecule has 2 amide bonds. The summed E-state index contributed by atoms with van der Waals surface area (Å²) in [6.07, 6.45) is 0.673. The Kier molecular flexibility index (Phi) is 3.79. The van der Waals surface area contributed by atoms with Crippen molar-refractivity contribution in [2.45, 2.75) is 26.3 Å². The van der Waals surface area contributed by atoms with E-state index in [1.54, 1.807) is 11.0 Å². The maximum atomic E-state index is 12.7. The summed E-state index contributed by atoms with van der Waals surface area (Å²) in [4.78, 5) is 30.7. The summed E-state index contributed by atoms with van der Waals surface area (Å²) in [5, 5.41) is 3.72. The number of amides is 2. The minimum absolute atomic E-state index is 0.0618. The molecule has 0 bridgehead atoms. The summed E-state index contributed by atoms with van der Waals surface area (Å²) in [5.41, 5.74) is 2.42. The molecule has 2 aromatic rings. The van der Waals surface area contributed by atoms with Crippen LogP contribution in [0.15, 0.2) is 30.3 Å². The van der Waals surface area contributed by atoms with Gasteiger partial charge in [-0.1, -0.05) is 6.07 Å². The second-order valence-electron chi connectivity index (χ2n) is 5.55. The van der Waals surface area contributed by atoms with Gasteiger partial charge in [0.05, 0.1) is 5.52 Å². The molecule has 0 saturated carbocycles. The van der Waals surface area contributed by atoms with Gasteiger partial charge in [-0.3, -0.25) is 14.6 Å². The number of fused-ring (bicyclic) bond motifs is 1. The van der Waals surface area contributed by atoms with Crippen molar-refractivity contribution in [2.75, 3.05) is 13.1 Å². The maximum absolute atomic E-state index is 12.7. The fourth-order valence-corrected chi connectivity index (χ4v) is 2.91. The Hall–Kier alpha value is -2.43. The van der Waals surface area contributed by atoms with Crippen LogP contribution >= 0.6 is 0 Å². The van der Waals surface area contributed by atoms with Crippen molar-refractivity contribution in [2.24, 2.45) is 0 Å². The largest absolute Gasteiger partial charge is 0.354 e. The predicted octanol–water partition coefficient (Wildman–Crippen LogP) is 1.89. The number of aryl methyl sites for hydroxylation is 1. The molecule has 3 rings (SSSR count). The van der Waals surface area contributed by atoms with Gasteiger partial charge in [-0.2, -0.15) is 0 Å². The molecule has 22 heavy (non-hydrogen) atoms. The minimum Gasteiger partial charge on any atom is -0.354 e. The number of nitrogens with zero attached hydrogens (tertiary/aromatic N) is 2. The second-order valence-corrected chi connectivity index (χ2v) is 5.55. The molecule has 1 aromatic carbocycles. The average molecular weight is 297 g/mol. The summed E-state index contributed by atoms with van der Waals surface area (Å²) in [6, 6.07) is 9.03. The van der Waals surface area contributed by atoms with Crippen molar-refractivity contribution < 1.29 is 9.59 Å². The monoisotopic (exact) mass is 297 g/mol. The van der Waals surface area contributed by atoms with Crippen LogP contribution in [0, 0.1) is 6.92 Å². The van der Waals surface area contributed by atoms with Gasteiger partial charge in [0.25, 0.3) is 5.91 Å². The highest BCUT2D eigenvalue weighted by Gasteiger charge is 2.32. The number of hydrogen-bond acceptors (Lipinski definition) is 3. The lowest BCUT2D eigenvalue weighted by Gasteiger charge is -2.25. The van der Waals surface area contributed by atoms with E-state index >= 15 is 0 Å². The van der Waals surface area contributed by atoms with Crippen LogP contribution in [0.5, 0.6) is 0 Å². The first-order valence-electron chi connectivity index (χ1n) is 7.56. The Labute approximate surface area is 129 Å². The zero-order valence-electron chi connectivity index (χ0n) is 12.8. The number of nitrogens with one attached hydrogen (secondary N) is 1. The number of pyridine rings is 1. The molecular weight excluding hydrogens is 278 g/mol. The van der Waals surface area contributed by atoms with Gasteiger partial charge in [0.1, 0.15) is 6.04 Å². The molecule has 1 aliphatic rings. The molecule has 5 nitrogen and oxygen atoms in total. The number of likely N-dealkylation sites (N-methyl/N-ethyl adjacent to an activating group) is 1. The van der Waals surface area contributed by atoms with E-state index in [4.69, 9.17) is 0 Å². The third-order valence-corrected chi connectivity index (χ3v) is 4.07. The Morgan fingerprint density at radius 1 is 1.36 bits per heavy atom. The van der Waals surface area contributed by atoms with Crippen molar-refractivity contribution in [3.8, 4) is 0 Å². The van der Waals surface area contributed by atoms with Crippen LogP contribution in [-0.2, 0) is 4.79 Å². The maximum Gasteiger partial charge on any atom is 0.254 e. The fourth-order valence-electron chi connectivity index (χ4n) is 2.91. The summed E-state index contributed by atoms with van der Waals surface area (Å²) < 4.78 is 0.